The fourth-order valence-electron chi connectivity index (χ4n) is 5.50. The van der Waals surface area contributed by atoms with Crippen LogP contribution in [0.2, 0.25) is 0 Å². The third-order valence-corrected chi connectivity index (χ3v) is 7.75. The van der Waals surface area contributed by atoms with E-state index in [1.807, 2.05) is 6.92 Å². The van der Waals surface area contributed by atoms with Crippen molar-refractivity contribution in [2.75, 3.05) is 0 Å². The molecule has 4 nitrogen and oxygen atoms in total. The van der Waals surface area contributed by atoms with Crippen molar-refractivity contribution in [1.82, 2.24) is 0 Å². The molecule has 3 N–H and O–H groups in total. The topological polar surface area (TPSA) is 77.8 Å². The van der Waals surface area contributed by atoms with Gasteiger partial charge in [-0.15, -0.1) is 0 Å². The molecule has 4 heteroatoms. The number of carboxylic acids is 1. The first-order chi connectivity index (χ1) is 10.9. The van der Waals surface area contributed by atoms with E-state index in [4.69, 9.17) is 5.11 Å². The zero-order chi connectivity index (χ0) is 18.3. The van der Waals surface area contributed by atoms with Crippen molar-refractivity contribution in [3.05, 3.63) is 11.6 Å². The Bertz CT molecular complexity index is 524. The number of carbonyl (C=O) groups is 1. The van der Waals surface area contributed by atoms with Crippen molar-refractivity contribution in [3.8, 4) is 0 Å². The molecule has 2 aliphatic rings. The van der Waals surface area contributed by atoms with Gasteiger partial charge in [-0.3, -0.25) is 0 Å². The first-order valence-electron chi connectivity index (χ1n) is 9.25. The van der Waals surface area contributed by atoms with Crippen molar-refractivity contribution in [2.45, 2.75) is 84.8 Å². The molecule has 0 aromatic carbocycles. The van der Waals surface area contributed by atoms with Crippen molar-refractivity contribution >= 4 is 5.97 Å². The molecule has 0 saturated heterocycles. The van der Waals surface area contributed by atoms with Crippen LogP contribution in [0.3, 0.4) is 0 Å². The number of aliphatic hydroxyl groups is 2. The summed E-state index contributed by atoms with van der Waals surface area (Å²) < 4.78 is 0. The molecule has 2 saturated carbocycles. The van der Waals surface area contributed by atoms with Gasteiger partial charge in [0.1, 0.15) is 0 Å². The van der Waals surface area contributed by atoms with E-state index in [-0.39, 0.29) is 10.8 Å². The monoisotopic (exact) mass is 338 g/mol. The van der Waals surface area contributed by atoms with Gasteiger partial charge < -0.3 is 15.3 Å². The summed E-state index contributed by atoms with van der Waals surface area (Å²) >= 11 is 0. The molecule has 24 heavy (non-hydrogen) atoms. The maximum absolute atomic E-state index is 11.1. The summed E-state index contributed by atoms with van der Waals surface area (Å²) in [6.45, 7) is 10.4. The van der Waals surface area contributed by atoms with Crippen molar-refractivity contribution in [2.24, 2.45) is 22.7 Å². The minimum absolute atomic E-state index is 0.0464. The molecule has 0 radical (unpaired) electrons. The lowest BCUT2D eigenvalue weighted by molar-refractivity contribution is -0.235. The van der Waals surface area contributed by atoms with Crippen LogP contribution in [0.5, 0.6) is 0 Å². The highest BCUT2D eigenvalue weighted by Crippen LogP contribution is 2.64. The van der Waals surface area contributed by atoms with Crippen LogP contribution in [0.1, 0.15) is 73.1 Å². The van der Waals surface area contributed by atoms with Crippen LogP contribution in [0.15, 0.2) is 11.6 Å². The molecule has 0 spiro atoms. The summed E-state index contributed by atoms with van der Waals surface area (Å²) in [7, 11) is 0. The molecule has 2 rings (SSSR count). The van der Waals surface area contributed by atoms with E-state index in [2.05, 4.69) is 20.8 Å². The first kappa shape index (κ1) is 19.5. The molecule has 0 heterocycles. The first-order valence-corrected chi connectivity index (χ1v) is 9.25. The Morgan fingerprint density at radius 1 is 1.21 bits per heavy atom. The zero-order valence-electron chi connectivity index (χ0n) is 15.8. The van der Waals surface area contributed by atoms with Gasteiger partial charge >= 0.3 is 5.97 Å². The summed E-state index contributed by atoms with van der Waals surface area (Å²) in [6.07, 6.45) is 5.87. The Morgan fingerprint density at radius 3 is 2.42 bits per heavy atom. The second kappa shape index (κ2) is 6.45. The minimum atomic E-state index is -1.07. The third-order valence-electron chi connectivity index (χ3n) is 7.75. The van der Waals surface area contributed by atoms with Gasteiger partial charge in [-0.2, -0.15) is 0 Å². The smallest absolute Gasteiger partial charge is 0.328 e. The van der Waals surface area contributed by atoms with Crippen LogP contribution >= 0.6 is 0 Å². The number of fused-ring (bicyclic) bond motifs is 1. The van der Waals surface area contributed by atoms with Gasteiger partial charge in [0, 0.05) is 11.5 Å². The van der Waals surface area contributed by atoms with Crippen LogP contribution in [0, 0.1) is 22.7 Å². The number of carboxylic acid groups (broad SMARTS) is 1. The molecule has 0 aromatic rings. The van der Waals surface area contributed by atoms with Gasteiger partial charge in [0.2, 0.25) is 0 Å². The lowest BCUT2D eigenvalue weighted by atomic mass is 9.43. The summed E-state index contributed by atoms with van der Waals surface area (Å²) in [5.74, 6) is -0.0214. The normalized spacial score (nSPS) is 46.5. The van der Waals surface area contributed by atoms with Gasteiger partial charge in [-0.25, -0.2) is 4.79 Å². The fraction of sp³-hybridized carbons (Fsp3) is 0.850. The SMILES string of the molecule is C/C(=C\C(=O)O)CCC1(C)C(C)CCC2(C)C1CCC(O)C2(C)O. The van der Waals surface area contributed by atoms with Gasteiger partial charge in [0.25, 0.3) is 0 Å². The van der Waals surface area contributed by atoms with Gasteiger partial charge in [0.05, 0.1) is 11.7 Å². The average molecular weight is 338 g/mol. The van der Waals surface area contributed by atoms with E-state index >= 15 is 0 Å². The van der Waals surface area contributed by atoms with Crippen molar-refractivity contribution in [1.29, 1.82) is 0 Å². The molecule has 138 valence electrons. The van der Waals surface area contributed by atoms with Crippen LogP contribution in [-0.2, 0) is 4.79 Å². The Labute approximate surface area is 146 Å². The predicted octanol–water partition coefficient (Wildman–Crippen LogP) is 3.76. The second-order valence-electron chi connectivity index (χ2n) is 8.99. The molecule has 0 aromatic heterocycles. The van der Waals surface area contributed by atoms with E-state index in [1.165, 1.54) is 6.08 Å². The average Bonchev–Trinajstić information content (AvgIpc) is 2.47. The highest BCUT2D eigenvalue weighted by molar-refractivity contribution is 5.80. The molecule has 0 amide bonds. The number of aliphatic hydroxyl groups excluding tert-OH is 1. The van der Waals surface area contributed by atoms with E-state index < -0.39 is 17.7 Å². The van der Waals surface area contributed by atoms with E-state index in [0.717, 1.165) is 37.7 Å². The third kappa shape index (κ3) is 3.03. The maximum Gasteiger partial charge on any atom is 0.328 e. The molecule has 2 aliphatic carbocycles. The molecular formula is C20H34O4. The van der Waals surface area contributed by atoms with Crippen molar-refractivity contribution in [3.63, 3.8) is 0 Å². The number of hydrogen-bond donors (Lipinski definition) is 3. The molecule has 2 fully saturated rings. The van der Waals surface area contributed by atoms with Crippen LogP contribution < -0.4 is 0 Å². The number of allylic oxidation sites excluding steroid dienone is 1. The number of aliphatic carboxylic acids is 1. The Hall–Kier alpha value is -0.870. The molecule has 6 atom stereocenters. The van der Waals surface area contributed by atoms with Crippen LogP contribution in [-0.4, -0.2) is 33.0 Å². The number of hydrogen-bond acceptors (Lipinski definition) is 3. The largest absolute Gasteiger partial charge is 0.478 e. The second-order valence-corrected chi connectivity index (χ2v) is 8.99. The quantitative estimate of drug-likeness (QED) is 0.682. The zero-order valence-corrected chi connectivity index (χ0v) is 15.8. The highest BCUT2D eigenvalue weighted by Gasteiger charge is 2.62. The Kier molecular flexibility index (Phi) is 5.23. The minimum Gasteiger partial charge on any atom is -0.478 e. The van der Waals surface area contributed by atoms with Crippen molar-refractivity contribution < 1.29 is 20.1 Å². The summed E-state index contributed by atoms with van der Waals surface area (Å²) in [5.41, 5.74) is -0.421. The van der Waals surface area contributed by atoms with E-state index in [1.54, 1.807) is 6.92 Å². The molecular weight excluding hydrogens is 304 g/mol. The van der Waals surface area contributed by atoms with Crippen LogP contribution in [0.4, 0.5) is 0 Å². The molecule has 0 bridgehead atoms. The van der Waals surface area contributed by atoms with Gasteiger partial charge in [-0.1, -0.05) is 26.3 Å². The Morgan fingerprint density at radius 2 is 1.83 bits per heavy atom. The van der Waals surface area contributed by atoms with Gasteiger partial charge in [-0.05, 0) is 69.6 Å². The predicted molar refractivity (Wildman–Crippen MR) is 94.6 cm³/mol. The van der Waals surface area contributed by atoms with E-state index in [9.17, 15) is 15.0 Å². The lowest BCUT2D eigenvalue weighted by Gasteiger charge is -2.64. The fourth-order valence-corrected chi connectivity index (χ4v) is 5.50. The number of rotatable bonds is 4. The van der Waals surface area contributed by atoms with E-state index in [0.29, 0.717) is 18.3 Å². The maximum atomic E-state index is 11.1. The van der Waals surface area contributed by atoms with Gasteiger partial charge in [0.15, 0.2) is 0 Å². The summed E-state index contributed by atoms with van der Waals surface area (Å²) in [4.78, 5) is 10.9. The summed E-state index contributed by atoms with van der Waals surface area (Å²) in [5, 5.41) is 30.4. The highest BCUT2D eigenvalue weighted by atomic mass is 16.4. The van der Waals surface area contributed by atoms with Crippen LogP contribution in [0.25, 0.3) is 0 Å². The Balaban J connectivity index is 2.29. The summed E-state index contributed by atoms with van der Waals surface area (Å²) in [6, 6.07) is 0. The molecule has 0 aliphatic heterocycles. The lowest BCUT2D eigenvalue weighted by Crippen LogP contribution is -2.65. The standard InChI is InChI=1S/C20H34O4/c1-13(12-17(22)23)8-10-18(3)14(2)9-11-19(4)15(18)6-7-16(21)20(19,5)24/h12,14-16,21,24H,6-11H2,1-5H3,(H,22,23)/b13-12+. The molecule has 6 unspecified atom stereocenters.